The molecule has 2 aliphatic heterocycles. The molecule has 120 valence electrons. The van der Waals surface area contributed by atoms with Gasteiger partial charge in [0.05, 0.1) is 11.9 Å². The maximum absolute atomic E-state index is 13.3. The van der Waals surface area contributed by atoms with Gasteiger partial charge in [0, 0.05) is 39.1 Å². The molecule has 3 rings (SSSR count). The summed E-state index contributed by atoms with van der Waals surface area (Å²) in [7, 11) is 0. The normalized spacial score (nSPS) is 23.7. The van der Waals surface area contributed by atoms with Crippen LogP contribution < -0.4 is 10.2 Å². The third-order valence-electron chi connectivity index (χ3n) is 4.56. The first-order valence-corrected chi connectivity index (χ1v) is 7.98. The van der Waals surface area contributed by atoms with Gasteiger partial charge in [0.25, 0.3) is 0 Å². The molecule has 6 heteroatoms. The highest BCUT2D eigenvalue weighted by Gasteiger charge is 2.30. The fourth-order valence-corrected chi connectivity index (χ4v) is 3.39. The van der Waals surface area contributed by atoms with Gasteiger partial charge in [0.2, 0.25) is 5.91 Å². The van der Waals surface area contributed by atoms with E-state index in [0.29, 0.717) is 24.8 Å². The lowest BCUT2D eigenvalue weighted by molar-refractivity contribution is -0.114. The van der Waals surface area contributed by atoms with Gasteiger partial charge in [-0.2, -0.15) is 0 Å². The summed E-state index contributed by atoms with van der Waals surface area (Å²) < 4.78 is 13.3. The number of carbonyl (C=O) groups excluding carboxylic acids is 1. The number of anilines is 2. The largest absolute Gasteiger partial charge is 0.370 e. The van der Waals surface area contributed by atoms with Crippen molar-refractivity contribution in [1.82, 2.24) is 9.88 Å². The Kier molecular flexibility index (Phi) is 4.57. The van der Waals surface area contributed by atoms with E-state index in [-0.39, 0.29) is 5.91 Å². The van der Waals surface area contributed by atoms with Crippen molar-refractivity contribution in [2.45, 2.75) is 38.4 Å². The van der Waals surface area contributed by atoms with E-state index >= 15 is 0 Å². The topological polar surface area (TPSA) is 48.5 Å². The lowest BCUT2D eigenvalue weighted by Crippen LogP contribution is -2.44. The van der Waals surface area contributed by atoms with Gasteiger partial charge in [-0.3, -0.25) is 9.69 Å². The summed E-state index contributed by atoms with van der Waals surface area (Å²) in [6.07, 6.45) is 4.00. The lowest BCUT2D eigenvalue weighted by Gasteiger charge is -2.37. The summed E-state index contributed by atoms with van der Waals surface area (Å²) >= 11 is 0. The summed E-state index contributed by atoms with van der Waals surface area (Å²) in [6.45, 7) is 4.93. The molecule has 1 N–H and O–H groups in total. The Labute approximate surface area is 130 Å². The van der Waals surface area contributed by atoms with Crippen molar-refractivity contribution in [2.75, 3.05) is 36.4 Å². The highest BCUT2D eigenvalue weighted by atomic mass is 19.1. The molecule has 5 nitrogen and oxygen atoms in total. The summed E-state index contributed by atoms with van der Waals surface area (Å²) in [6, 6.07) is 4.34. The smallest absolute Gasteiger partial charge is 0.222 e. The van der Waals surface area contributed by atoms with Crippen molar-refractivity contribution < 1.29 is 9.18 Å². The van der Waals surface area contributed by atoms with Crippen LogP contribution in [-0.2, 0) is 4.79 Å². The quantitative estimate of drug-likeness (QED) is 0.928. The Balaban J connectivity index is 1.53. The minimum Gasteiger partial charge on any atom is -0.370 e. The second-order valence-corrected chi connectivity index (χ2v) is 6.18. The predicted molar refractivity (Wildman–Crippen MR) is 84.9 cm³/mol. The zero-order valence-corrected chi connectivity index (χ0v) is 13.0. The molecule has 0 aliphatic carbocycles. The molecule has 22 heavy (non-hydrogen) atoms. The molecule has 1 atom stereocenters. The van der Waals surface area contributed by atoms with Crippen molar-refractivity contribution in [3.05, 3.63) is 18.3 Å². The molecule has 1 amide bonds. The van der Waals surface area contributed by atoms with E-state index in [2.05, 4.69) is 20.1 Å². The minimum atomic E-state index is -0.636. The van der Waals surface area contributed by atoms with Crippen molar-refractivity contribution >= 4 is 17.4 Å². The standard InChI is InChI=1S/C16H23FN4O/c1-12(22)19-16-3-2-15(10-18-16)20-8-5-14(6-9-20)21-7-4-13(17)11-21/h2-3,10,13-14H,4-9,11H2,1H3,(H,18,19,22). The maximum Gasteiger partial charge on any atom is 0.222 e. The van der Waals surface area contributed by atoms with Gasteiger partial charge >= 0.3 is 0 Å². The zero-order chi connectivity index (χ0) is 15.5. The lowest BCUT2D eigenvalue weighted by atomic mass is 10.0. The van der Waals surface area contributed by atoms with Crippen LogP contribution in [0.4, 0.5) is 15.9 Å². The van der Waals surface area contributed by atoms with Gasteiger partial charge in [0.1, 0.15) is 12.0 Å². The van der Waals surface area contributed by atoms with Crippen molar-refractivity contribution in [2.24, 2.45) is 0 Å². The number of rotatable bonds is 3. The molecule has 2 saturated heterocycles. The van der Waals surface area contributed by atoms with E-state index in [9.17, 15) is 9.18 Å². The Hall–Kier alpha value is -1.69. The average molecular weight is 306 g/mol. The van der Waals surface area contributed by atoms with E-state index in [0.717, 1.165) is 38.2 Å². The van der Waals surface area contributed by atoms with Crippen LogP contribution in [-0.4, -0.2) is 54.2 Å². The Morgan fingerprint density at radius 2 is 2.05 bits per heavy atom. The number of piperidine rings is 1. The first-order chi connectivity index (χ1) is 10.6. The Bertz CT molecular complexity index is 513. The van der Waals surface area contributed by atoms with E-state index in [1.165, 1.54) is 6.92 Å². The molecule has 1 aromatic heterocycles. The van der Waals surface area contributed by atoms with Crippen LogP contribution in [0.25, 0.3) is 0 Å². The fourth-order valence-electron chi connectivity index (χ4n) is 3.39. The number of hydrogen-bond donors (Lipinski definition) is 1. The van der Waals surface area contributed by atoms with Gasteiger partial charge in [0.15, 0.2) is 0 Å². The van der Waals surface area contributed by atoms with Crippen LogP contribution in [0.1, 0.15) is 26.2 Å². The van der Waals surface area contributed by atoms with Crippen molar-refractivity contribution in [3.8, 4) is 0 Å². The second-order valence-electron chi connectivity index (χ2n) is 6.18. The van der Waals surface area contributed by atoms with Crippen LogP contribution in [0.2, 0.25) is 0 Å². The van der Waals surface area contributed by atoms with Crippen LogP contribution in [0, 0.1) is 0 Å². The molecular formula is C16H23FN4O. The number of amides is 1. The molecule has 2 aliphatic rings. The molecule has 0 radical (unpaired) electrons. The first-order valence-electron chi connectivity index (χ1n) is 7.98. The summed E-state index contributed by atoms with van der Waals surface area (Å²) in [4.78, 5) is 19.9. The molecular weight excluding hydrogens is 283 g/mol. The van der Waals surface area contributed by atoms with Crippen LogP contribution in [0.5, 0.6) is 0 Å². The van der Waals surface area contributed by atoms with Crippen molar-refractivity contribution in [1.29, 1.82) is 0 Å². The number of halogens is 1. The monoisotopic (exact) mass is 306 g/mol. The van der Waals surface area contributed by atoms with E-state index in [4.69, 9.17) is 0 Å². The molecule has 0 saturated carbocycles. The number of nitrogens with zero attached hydrogens (tertiary/aromatic N) is 3. The third kappa shape index (κ3) is 3.55. The molecule has 1 unspecified atom stereocenters. The number of likely N-dealkylation sites (tertiary alicyclic amines) is 1. The van der Waals surface area contributed by atoms with Crippen LogP contribution in [0.15, 0.2) is 18.3 Å². The van der Waals surface area contributed by atoms with Gasteiger partial charge in [-0.1, -0.05) is 0 Å². The third-order valence-corrected chi connectivity index (χ3v) is 4.56. The van der Waals surface area contributed by atoms with Gasteiger partial charge in [-0.25, -0.2) is 9.37 Å². The van der Waals surface area contributed by atoms with E-state index in [1.807, 2.05) is 12.1 Å². The van der Waals surface area contributed by atoms with Gasteiger partial charge in [-0.05, 0) is 31.4 Å². The highest BCUT2D eigenvalue weighted by Crippen LogP contribution is 2.25. The molecule has 0 spiro atoms. The zero-order valence-electron chi connectivity index (χ0n) is 13.0. The Morgan fingerprint density at radius 1 is 1.27 bits per heavy atom. The molecule has 0 bridgehead atoms. The fraction of sp³-hybridized carbons (Fsp3) is 0.625. The maximum atomic E-state index is 13.3. The molecule has 2 fully saturated rings. The second kappa shape index (κ2) is 6.60. The Morgan fingerprint density at radius 3 is 2.59 bits per heavy atom. The summed E-state index contributed by atoms with van der Waals surface area (Å²) in [5.41, 5.74) is 1.08. The number of alkyl halides is 1. The minimum absolute atomic E-state index is 0.113. The number of carbonyl (C=O) groups is 1. The first kappa shape index (κ1) is 15.2. The highest BCUT2D eigenvalue weighted by molar-refractivity contribution is 5.87. The predicted octanol–water partition coefficient (Wildman–Crippen LogP) is 2.05. The number of aromatic nitrogens is 1. The molecule has 1 aromatic rings. The molecule has 3 heterocycles. The SMILES string of the molecule is CC(=O)Nc1ccc(N2CCC(N3CCC(F)C3)CC2)cn1. The van der Waals surface area contributed by atoms with E-state index < -0.39 is 6.17 Å². The van der Waals surface area contributed by atoms with Crippen LogP contribution in [0.3, 0.4) is 0 Å². The number of pyridine rings is 1. The average Bonchev–Trinajstić information content (AvgIpc) is 2.94. The van der Waals surface area contributed by atoms with E-state index in [1.54, 1.807) is 6.20 Å². The summed E-state index contributed by atoms with van der Waals surface area (Å²) in [5, 5.41) is 2.67. The van der Waals surface area contributed by atoms with Crippen molar-refractivity contribution in [3.63, 3.8) is 0 Å². The summed E-state index contributed by atoms with van der Waals surface area (Å²) in [5.74, 6) is 0.468. The molecule has 0 aromatic carbocycles. The van der Waals surface area contributed by atoms with Gasteiger partial charge < -0.3 is 10.2 Å². The van der Waals surface area contributed by atoms with Gasteiger partial charge in [-0.15, -0.1) is 0 Å². The number of nitrogens with one attached hydrogen (secondary N) is 1. The number of hydrogen-bond acceptors (Lipinski definition) is 4. The van der Waals surface area contributed by atoms with Crippen LogP contribution >= 0.6 is 0 Å².